The second-order valence-corrected chi connectivity index (χ2v) is 4.44. The lowest BCUT2D eigenvalue weighted by molar-refractivity contribution is 0.250. The van der Waals surface area contributed by atoms with Crippen molar-refractivity contribution in [2.24, 2.45) is 5.73 Å². The minimum atomic E-state index is -0.474. The number of aromatic hydroxyl groups is 1. The topological polar surface area (TPSA) is 69.8 Å². The van der Waals surface area contributed by atoms with Crippen LogP contribution in [-0.4, -0.2) is 42.2 Å². The SMILES string of the molecule is Br.CCCN(CC)CCN(C(N)=O)c1ccc(O)cc1. The van der Waals surface area contributed by atoms with Gasteiger partial charge in [-0.05, 0) is 43.8 Å². The summed E-state index contributed by atoms with van der Waals surface area (Å²) in [4.78, 5) is 15.3. The average Bonchev–Trinajstić information content (AvgIpc) is 2.39. The van der Waals surface area contributed by atoms with Gasteiger partial charge in [-0.2, -0.15) is 0 Å². The molecule has 0 atom stereocenters. The summed E-state index contributed by atoms with van der Waals surface area (Å²) in [6.45, 7) is 7.54. The summed E-state index contributed by atoms with van der Waals surface area (Å²) in [5.41, 5.74) is 6.12. The second kappa shape index (κ2) is 9.61. The third-order valence-corrected chi connectivity index (χ3v) is 3.05. The number of amides is 2. The van der Waals surface area contributed by atoms with Gasteiger partial charge >= 0.3 is 6.03 Å². The number of hydrogen-bond donors (Lipinski definition) is 2. The van der Waals surface area contributed by atoms with Crippen LogP contribution in [-0.2, 0) is 0 Å². The van der Waals surface area contributed by atoms with E-state index >= 15 is 0 Å². The van der Waals surface area contributed by atoms with Gasteiger partial charge in [0.2, 0.25) is 0 Å². The molecule has 1 rings (SSSR count). The molecule has 1 aromatic carbocycles. The number of nitrogens with two attached hydrogens (primary N) is 1. The Bertz CT molecular complexity index is 398. The zero-order valence-electron chi connectivity index (χ0n) is 12.1. The number of likely N-dealkylation sites (N-methyl/N-ethyl adjacent to an activating group) is 1. The summed E-state index contributed by atoms with van der Waals surface area (Å²) in [6.07, 6.45) is 1.09. The van der Waals surface area contributed by atoms with Crippen LogP contribution in [0.2, 0.25) is 0 Å². The number of urea groups is 1. The van der Waals surface area contributed by atoms with Crippen molar-refractivity contribution in [2.75, 3.05) is 31.1 Å². The van der Waals surface area contributed by atoms with Crippen LogP contribution >= 0.6 is 17.0 Å². The van der Waals surface area contributed by atoms with E-state index in [-0.39, 0.29) is 22.7 Å². The van der Waals surface area contributed by atoms with Crippen LogP contribution in [0.4, 0.5) is 10.5 Å². The molecule has 1 aromatic rings. The lowest BCUT2D eigenvalue weighted by Crippen LogP contribution is -2.41. The Balaban J connectivity index is 0.00000361. The number of phenolic OH excluding ortho intramolecular Hbond substituents is 1. The number of rotatable bonds is 7. The number of anilines is 1. The number of carbonyl (C=O) groups is 1. The van der Waals surface area contributed by atoms with Crippen LogP contribution in [0.25, 0.3) is 0 Å². The number of benzene rings is 1. The highest BCUT2D eigenvalue weighted by molar-refractivity contribution is 8.93. The molecular weight excluding hydrogens is 322 g/mol. The van der Waals surface area contributed by atoms with E-state index in [9.17, 15) is 9.90 Å². The van der Waals surface area contributed by atoms with E-state index in [0.717, 1.165) is 26.1 Å². The number of nitrogens with zero attached hydrogens (tertiary/aromatic N) is 2. The molecule has 0 radical (unpaired) electrons. The van der Waals surface area contributed by atoms with Crippen LogP contribution in [0.1, 0.15) is 20.3 Å². The van der Waals surface area contributed by atoms with Gasteiger partial charge in [0, 0.05) is 18.8 Å². The Morgan fingerprint density at radius 3 is 2.20 bits per heavy atom. The number of carbonyl (C=O) groups excluding carboxylic acids is 1. The Morgan fingerprint density at radius 2 is 1.75 bits per heavy atom. The molecule has 0 aliphatic rings. The molecule has 2 amide bonds. The van der Waals surface area contributed by atoms with Crippen LogP contribution in [0, 0.1) is 0 Å². The highest BCUT2D eigenvalue weighted by atomic mass is 79.9. The Kier molecular flexibility index (Phi) is 9.00. The van der Waals surface area contributed by atoms with E-state index in [1.807, 2.05) is 0 Å². The van der Waals surface area contributed by atoms with Gasteiger partial charge < -0.3 is 15.7 Å². The van der Waals surface area contributed by atoms with Crippen molar-refractivity contribution in [2.45, 2.75) is 20.3 Å². The molecule has 6 heteroatoms. The maximum atomic E-state index is 11.5. The minimum absolute atomic E-state index is 0. The molecular formula is C14H24BrN3O2. The van der Waals surface area contributed by atoms with Gasteiger partial charge in [0.1, 0.15) is 5.75 Å². The van der Waals surface area contributed by atoms with E-state index in [4.69, 9.17) is 5.73 Å². The Morgan fingerprint density at radius 1 is 1.15 bits per heavy atom. The van der Waals surface area contributed by atoms with Crippen molar-refractivity contribution < 1.29 is 9.90 Å². The van der Waals surface area contributed by atoms with Gasteiger partial charge in [0.15, 0.2) is 0 Å². The lowest BCUT2D eigenvalue weighted by atomic mass is 10.2. The predicted molar refractivity (Wildman–Crippen MR) is 87.8 cm³/mol. The summed E-state index contributed by atoms with van der Waals surface area (Å²) in [7, 11) is 0. The molecule has 0 unspecified atom stereocenters. The highest BCUT2D eigenvalue weighted by Gasteiger charge is 2.13. The standard InChI is InChI=1S/C14H23N3O2.BrH/c1-3-9-16(4-2)10-11-17(14(15)19)12-5-7-13(18)8-6-12;/h5-8,18H,3-4,9-11H2,1-2H3,(H2,15,19);1H. The second-order valence-electron chi connectivity index (χ2n) is 4.44. The van der Waals surface area contributed by atoms with Crippen molar-refractivity contribution in [3.05, 3.63) is 24.3 Å². The van der Waals surface area contributed by atoms with E-state index in [1.54, 1.807) is 24.3 Å². The van der Waals surface area contributed by atoms with Gasteiger partial charge in [-0.3, -0.25) is 4.90 Å². The fraction of sp³-hybridized carbons (Fsp3) is 0.500. The zero-order chi connectivity index (χ0) is 14.3. The van der Waals surface area contributed by atoms with Crippen LogP contribution < -0.4 is 10.6 Å². The third kappa shape index (κ3) is 5.79. The molecule has 0 fully saturated rings. The van der Waals surface area contributed by atoms with E-state index in [2.05, 4.69) is 18.7 Å². The molecule has 114 valence electrons. The van der Waals surface area contributed by atoms with Gasteiger partial charge in [0.25, 0.3) is 0 Å². The predicted octanol–water partition coefficient (Wildman–Crippen LogP) is 2.59. The van der Waals surface area contributed by atoms with Crippen LogP contribution in [0.3, 0.4) is 0 Å². The summed E-state index contributed by atoms with van der Waals surface area (Å²) in [6, 6.07) is 6.01. The molecule has 0 bridgehead atoms. The highest BCUT2D eigenvalue weighted by Crippen LogP contribution is 2.18. The molecule has 0 heterocycles. The molecule has 0 spiro atoms. The van der Waals surface area contributed by atoms with Crippen molar-refractivity contribution in [3.63, 3.8) is 0 Å². The molecule has 0 saturated heterocycles. The van der Waals surface area contributed by atoms with Gasteiger partial charge in [-0.1, -0.05) is 13.8 Å². The van der Waals surface area contributed by atoms with Crippen LogP contribution in [0.5, 0.6) is 5.75 Å². The number of halogens is 1. The van der Waals surface area contributed by atoms with E-state index in [1.165, 1.54) is 4.90 Å². The normalized spacial score (nSPS) is 10.2. The summed E-state index contributed by atoms with van der Waals surface area (Å²) >= 11 is 0. The Labute approximate surface area is 131 Å². The molecule has 0 aromatic heterocycles. The third-order valence-electron chi connectivity index (χ3n) is 3.05. The molecule has 3 N–H and O–H groups in total. The first kappa shape index (κ1) is 18.7. The lowest BCUT2D eigenvalue weighted by Gasteiger charge is -2.25. The maximum Gasteiger partial charge on any atom is 0.319 e. The van der Waals surface area contributed by atoms with Crippen molar-refractivity contribution >= 4 is 28.7 Å². The number of phenols is 1. The summed E-state index contributed by atoms with van der Waals surface area (Å²) in [5, 5.41) is 9.26. The largest absolute Gasteiger partial charge is 0.508 e. The van der Waals surface area contributed by atoms with Gasteiger partial charge in [-0.15, -0.1) is 17.0 Å². The molecule has 0 saturated carbocycles. The zero-order valence-corrected chi connectivity index (χ0v) is 13.8. The molecule has 20 heavy (non-hydrogen) atoms. The van der Waals surface area contributed by atoms with Crippen molar-refractivity contribution in [3.8, 4) is 5.75 Å². The van der Waals surface area contributed by atoms with Gasteiger partial charge in [0.05, 0.1) is 0 Å². The van der Waals surface area contributed by atoms with Crippen LogP contribution in [0.15, 0.2) is 24.3 Å². The summed E-state index contributed by atoms with van der Waals surface area (Å²) in [5.74, 6) is 0.175. The smallest absolute Gasteiger partial charge is 0.319 e. The summed E-state index contributed by atoms with van der Waals surface area (Å²) < 4.78 is 0. The minimum Gasteiger partial charge on any atom is -0.508 e. The molecule has 5 nitrogen and oxygen atoms in total. The van der Waals surface area contributed by atoms with E-state index in [0.29, 0.717) is 12.2 Å². The fourth-order valence-corrected chi connectivity index (χ4v) is 1.98. The first-order valence-electron chi connectivity index (χ1n) is 6.66. The average molecular weight is 346 g/mol. The quantitative estimate of drug-likeness (QED) is 0.797. The van der Waals surface area contributed by atoms with Crippen molar-refractivity contribution in [1.29, 1.82) is 0 Å². The van der Waals surface area contributed by atoms with E-state index < -0.39 is 6.03 Å². The first-order chi connectivity index (χ1) is 9.08. The maximum absolute atomic E-state index is 11.5. The number of hydrogen-bond acceptors (Lipinski definition) is 3. The fourth-order valence-electron chi connectivity index (χ4n) is 1.98. The van der Waals surface area contributed by atoms with Crippen molar-refractivity contribution in [1.82, 2.24) is 4.90 Å². The molecule has 0 aliphatic heterocycles. The Hall–Kier alpha value is -1.27. The first-order valence-corrected chi connectivity index (χ1v) is 6.66. The number of primary amides is 1. The van der Waals surface area contributed by atoms with Gasteiger partial charge in [-0.25, -0.2) is 4.79 Å². The monoisotopic (exact) mass is 345 g/mol. The molecule has 0 aliphatic carbocycles.